The lowest BCUT2D eigenvalue weighted by Gasteiger charge is -2.32. The number of quaternary nitrogens is 1. The monoisotopic (exact) mass is 248 g/mol. The molecule has 0 saturated carbocycles. The molecule has 0 aliphatic carbocycles. The first-order valence-electron chi connectivity index (χ1n) is 7.09. The molecule has 2 aliphatic heterocycles. The number of amidine groups is 1. The van der Waals surface area contributed by atoms with Crippen LogP contribution in [0.4, 0.5) is 0 Å². The zero-order valence-corrected chi connectivity index (χ0v) is 11.7. The Bertz CT molecular complexity index is 377. The maximum atomic E-state index is 5.91. The molecule has 3 heteroatoms. The van der Waals surface area contributed by atoms with Crippen LogP contribution in [0.15, 0.2) is 28.9 Å². The highest BCUT2D eigenvalue weighted by Crippen LogP contribution is 2.24. The summed E-state index contributed by atoms with van der Waals surface area (Å²) in [4.78, 5) is 4.65. The van der Waals surface area contributed by atoms with Crippen molar-refractivity contribution in [2.24, 2.45) is 10.7 Å². The van der Waals surface area contributed by atoms with Crippen LogP contribution in [0.25, 0.3) is 0 Å². The second-order valence-corrected chi connectivity index (χ2v) is 6.01. The number of nitrogens with zero attached hydrogens (tertiary/aromatic N) is 2. The molecule has 0 spiro atoms. The molecule has 18 heavy (non-hydrogen) atoms. The Kier molecular flexibility index (Phi) is 4.23. The molecule has 0 saturated heterocycles. The minimum absolute atomic E-state index is 0.444. The molecule has 0 bridgehead atoms. The van der Waals surface area contributed by atoms with Gasteiger partial charge in [0.15, 0.2) is 0 Å². The van der Waals surface area contributed by atoms with Gasteiger partial charge in [-0.25, -0.2) is 0 Å². The van der Waals surface area contributed by atoms with Crippen LogP contribution in [0, 0.1) is 0 Å². The van der Waals surface area contributed by atoms with Crippen LogP contribution in [0.3, 0.4) is 0 Å². The molecule has 2 rings (SSSR count). The van der Waals surface area contributed by atoms with E-state index in [4.69, 9.17) is 5.73 Å². The Labute approximate surface area is 111 Å². The molecule has 1 atom stereocenters. The first kappa shape index (κ1) is 13.3. The zero-order valence-electron chi connectivity index (χ0n) is 11.7. The van der Waals surface area contributed by atoms with E-state index in [2.05, 4.69) is 37.3 Å². The Morgan fingerprint density at radius 1 is 1.39 bits per heavy atom. The molecule has 0 aromatic heterocycles. The Hall–Kier alpha value is -1.09. The van der Waals surface area contributed by atoms with E-state index in [1.54, 1.807) is 0 Å². The van der Waals surface area contributed by atoms with Gasteiger partial charge in [0.1, 0.15) is 12.2 Å². The van der Waals surface area contributed by atoms with Crippen molar-refractivity contribution in [3.63, 3.8) is 0 Å². The number of allylic oxidation sites excluding steroid dienone is 3. The van der Waals surface area contributed by atoms with Crippen LogP contribution in [-0.2, 0) is 0 Å². The summed E-state index contributed by atoms with van der Waals surface area (Å²) in [5.41, 5.74) is 7.42. The molecule has 0 aromatic rings. The topological polar surface area (TPSA) is 38.4 Å². The third-order valence-electron chi connectivity index (χ3n) is 4.07. The van der Waals surface area contributed by atoms with E-state index in [-0.39, 0.29) is 0 Å². The molecule has 2 aliphatic rings. The second kappa shape index (κ2) is 5.70. The number of likely N-dealkylation sites (N-methyl/N-ethyl adjacent to an activating group) is 1. The maximum absolute atomic E-state index is 5.91. The summed E-state index contributed by atoms with van der Waals surface area (Å²) in [6.07, 6.45) is 13.6. The van der Waals surface area contributed by atoms with Crippen LogP contribution in [0.5, 0.6) is 0 Å². The number of nitrogens with two attached hydrogens (primary N) is 1. The smallest absolute Gasteiger partial charge is 0.109 e. The Morgan fingerprint density at radius 2 is 2.22 bits per heavy atom. The van der Waals surface area contributed by atoms with Crippen molar-refractivity contribution < 1.29 is 4.48 Å². The van der Waals surface area contributed by atoms with Gasteiger partial charge in [-0.3, -0.25) is 9.48 Å². The molecule has 0 fully saturated rings. The minimum Gasteiger partial charge on any atom is -0.387 e. The van der Waals surface area contributed by atoms with E-state index in [1.807, 2.05) is 0 Å². The van der Waals surface area contributed by atoms with Gasteiger partial charge < -0.3 is 5.73 Å². The summed E-state index contributed by atoms with van der Waals surface area (Å²) in [5.74, 6) is 0.865. The van der Waals surface area contributed by atoms with Crippen molar-refractivity contribution in [3.05, 3.63) is 23.9 Å². The highest BCUT2D eigenvalue weighted by molar-refractivity contribution is 5.80. The fourth-order valence-electron chi connectivity index (χ4n) is 2.78. The highest BCUT2D eigenvalue weighted by atomic mass is 15.3. The lowest BCUT2D eigenvalue weighted by molar-refractivity contribution is -0.848. The fraction of sp³-hybridized carbons (Fsp3) is 0.667. The van der Waals surface area contributed by atoms with Gasteiger partial charge in [0.05, 0.1) is 26.0 Å². The van der Waals surface area contributed by atoms with E-state index >= 15 is 0 Å². The lowest BCUT2D eigenvalue weighted by atomic mass is 10.0. The van der Waals surface area contributed by atoms with Crippen molar-refractivity contribution in [2.45, 2.75) is 44.6 Å². The normalized spacial score (nSPS) is 27.3. The van der Waals surface area contributed by atoms with Gasteiger partial charge in [0.25, 0.3) is 0 Å². The van der Waals surface area contributed by atoms with Gasteiger partial charge in [0, 0.05) is 12.8 Å². The SMILES string of the molecule is C[N+]1(C)CC=CC=C1CCC1CCCCC(N)=N1. The molecule has 2 N–H and O–H groups in total. The third-order valence-corrected chi connectivity index (χ3v) is 4.07. The molecular formula is C15H26N3+. The summed E-state index contributed by atoms with van der Waals surface area (Å²) in [6.45, 7) is 1.10. The predicted molar refractivity (Wildman–Crippen MR) is 77.3 cm³/mol. The summed E-state index contributed by atoms with van der Waals surface area (Å²) in [5, 5.41) is 0. The number of hydrogen-bond donors (Lipinski definition) is 1. The average Bonchev–Trinajstić information content (AvgIpc) is 2.52. The molecule has 2 heterocycles. The lowest BCUT2D eigenvalue weighted by Crippen LogP contribution is -2.40. The number of aliphatic imine (C=N–C) groups is 1. The van der Waals surface area contributed by atoms with Crippen molar-refractivity contribution in [1.29, 1.82) is 0 Å². The Morgan fingerprint density at radius 3 is 3.00 bits per heavy atom. The Balaban J connectivity index is 1.93. The van der Waals surface area contributed by atoms with Crippen molar-refractivity contribution >= 4 is 5.84 Å². The minimum atomic E-state index is 0.444. The summed E-state index contributed by atoms with van der Waals surface area (Å²) < 4.78 is 0.989. The third kappa shape index (κ3) is 3.45. The van der Waals surface area contributed by atoms with Crippen molar-refractivity contribution in [1.82, 2.24) is 0 Å². The van der Waals surface area contributed by atoms with Crippen LogP contribution >= 0.6 is 0 Å². The van der Waals surface area contributed by atoms with Gasteiger partial charge in [-0.15, -0.1) is 0 Å². The van der Waals surface area contributed by atoms with E-state index in [9.17, 15) is 0 Å². The molecule has 1 unspecified atom stereocenters. The van der Waals surface area contributed by atoms with Crippen molar-refractivity contribution in [2.75, 3.05) is 20.6 Å². The van der Waals surface area contributed by atoms with Crippen LogP contribution in [0.1, 0.15) is 38.5 Å². The first-order chi connectivity index (χ1) is 8.58. The average molecular weight is 248 g/mol. The van der Waals surface area contributed by atoms with Crippen molar-refractivity contribution in [3.8, 4) is 0 Å². The maximum Gasteiger partial charge on any atom is 0.109 e. The molecule has 100 valence electrons. The van der Waals surface area contributed by atoms with Gasteiger partial charge in [0.2, 0.25) is 0 Å². The van der Waals surface area contributed by atoms with E-state index in [1.165, 1.54) is 25.0 Å². The van der Waals surface area contributed by atoms with Gasteiger partial charge >= 0.3 is 0 Å². The van der Waals surface area contributed by atoms with E-state index in [0.717, 1.165) is 36.1 Å². The van der Waals surface area contributed by atoms with E-state index < -0.39 is 0 Å². The summed E-state index contributed by atoms with van der Waals surface area (Å²) >= 11 is 0. The molecule has 0 amide bonds. The molecular weight excluding hydrogens is 222 g/mol. The highest BCUT2D eigenvalue weighted by Gasteiger charge is 2.23. The predicted octanol–water partition coefficient (Wildman–Crippen LogP) is 2.60. The quantitative estimate of drug-likeness (QED) is 0.766. The fourth-order valence-corrected chi connectivity index (χ4v) is 2.78. The number of rotatable bonds is 3. The zero-order chi connectivity index (χ0) is 13.0. The molecule has 0 aromatic carbocycles. The molecule has 0 radical (unpaired) electrons. The molecule has 3 nitrogen and oxygen atoms in total. The summed E-state index contributed by atoms with van der Waals surface area (Å²) in [7, 11) is 4.56. The van der Waals surface area contributed by atoms with Gasteiger partial charge in [-0.05, 0) is 31.4 Å². The summed E-state index contributed by atoms with van der Waals surface area (Å²) in [6, 6.07) is 0.444. The van der Waals surface area contributed by atoms with Crippen LogP contribution in [0.2, 0.25) is 0 Å². The van der Waals surface area contributed by atoms with Gasteiger partial charge in [-0.2, -0.15) is 0 Å². The first-order valence-corrected chi connectivity index (χ1v) is 7.09. The largest absolute Gasteiger partial charge is 0.387 e. The van der Waals surface area contributed by atoms with Crippen LogP contribution < -0.4 is 5.73 Å². The van der Waals surface area contributed by atoms with E-state index in [0.29, 0.717) is 6.04 Å². The van der Waals surface area contributed by atoms with Gasteiger partial charge in [-0.1, -0.05) is 12.5 Å². The number of hydrogen-bond acceptors (Lipinski definition) is 2. The standard InChI is InChI=1S/C15H26N3/c1-18(2)12-6-5-8-14(18)11-10-13-7-3-4-9-15(16)17-13/h5-6,8,13H,3-4,7,9-12H2,1-2H3,(H2,16,17)/q+1. The second-order valence-electron chi connectivity index (χ2n) is 6.01. The van der Waals surface area contributed by atoms with Crippen LogP contribution in [-0.4, -0.2) is 37.0 Å².